The predicted octanol–water partition coefficient (Wildman–Crippen LogP) is 2.95. The minimum atomic E-state index is 0.524. The zero-order valence-electron chi connectivity index (χ0n) is 7.68. The largest absolute Gasteiger partial charge is 0.384 e. The fourth-order valence-electron chi connectivity index (χ4n) is 1.22. The van der Waals surface area contributed by atoms with E-state index in [0.29, 0.717) is 10.6 Å². The van der Waals surface area contributed by atoms with E-state index in [1.54, 1.807) is 6.20 Å². The molecule has 1 aliphatic carbocycles. The molecule has 1 aromatic rings. The summed E-state index contributed by atoms with van der Waals surface area (Å²) in [6, 6.07) is 3.80. The number of hydrogen-bond donors (Lipinski definition) is 1. The topological polar surface area (TPSA) is 24.9 Å². The summed E-state index contributed by atoms with van der Waals surface area (Å²) in [5.74, 6) is 0. The van der Waals surface area contributed by atoms with Crippen LogP contribution in [0.25, 0.3) is 0 Å². The molecule has 2 nitrogen and oxygen atoms in total. The number of anilines is 1. The Labute approximate surface area is 83.3 Å². The lowest BCUT2D eigenvalue weighted by Gasteiger charge is -2.10. The van der Waals surface area contributed by atoms with Crippen LogP contribution in [0.5, 0.6) is 0 Å². The summed E-state index contributed by atoms with van der Waals surface area (Å²) >= 11 is 5.76. The quantitative estimate of drug-likeness (QED) is 0.752. The van der Waals surface area contributed by atoms with Crippen LogP contribution in [0, 0.1) is 5.41 Å². The van der Waals surface area contributed by atoms with Crippen molar-refractivity contribution in [3.8, 4) is 0 Å². The molecule has 0 unspecified atom stereocenters. The maximum absolute atomic E-state index is 5.76. The number of hydrogen-bond acceptors (Lipinski definition) is 2. The Kier molecular flexibility index (Phi) is 2.16. The molecule has 3 heteroatoms. The summed E-state index contributed by atoms with van der Waals surface area (Å²) in [7, 11) is 0. The third-order valence-electron chi connectivity index (χ3n) is 2.55. The maximum Gasteiger partial charge on any atom is 0.131 e. The van der Waals surface area contributed by atoms with Crippen LogP contribution >= 0.6 is 11.6 Å². The molecule has 13 heavy (non-hydrogen) atoms. The zero-order chi connectivity index (χ0) is 9.31. The van der Waals surface area contributed by atoms with Crippen LogP contribution in [0.3, 0.4) is 0 Å². The third-order valence-corrected chi connectivity index (χ3v) is 2.76. The lowest BCUT2D eigenvalue weighted by molar-refractivity contribution is 0.611. The molecule has 70 valence electrons. The predicted molar refractivity (Wildman–Crippen MR) is 55.1 cm³/mol. The molecule has 0 spiro atoms. The Morgan fingerprint density at radius 2 is 2.38 bits per heavy atom. The first-order valence-corrected chi connectivity index (χ1v) is 4.91. The summed E-state index contributed by atoms with van der Waals surface area (Å²) in [5.41, 5.74) is 1.59. The van der Waals surface area contributed by atoms with Crippen LogP contribution in [0.2, 0.25) is 5.15 Å². The van der Waals surface area contributed by atoms with Gasteiger partial charge in [0, 0.05) is 18.4 Å². The van der Waals surface area contributed by atoms with Crippen molar-refractivity contribution < 1.29 is 0 Å². The molecule has 2 rings (SSSR count). The molecule has 0 atom stereocenters. The van der Waals surface area contributed by atoms with Gasteiger partial charge in [-0.05, 0) is 30.4 Å². The van der Waals surface area contributed by atoms with E-state index < -0.39 is 0 Å². The van der Waals surface area contributed by atoms with Gasteiger partial charge in [-0.25, -0.2) is 4.98 Å². The average molecular weight is 197 g/mol. The van der Waals surface area contributed by atoms with E-state index in [2.05, 4.69) is 17.2 Å². The molecule has 0 bridgehead atoms. The number of rotatable bonds is 3. The fraction of sp³-hybridized carbons (Fsp3) is 0.500. The van der Waals surface area contributed by atoms with Crippen molar-refractivity contribution in [2.75, 3.05) is 11.9 Å². The number of aromatic nitrogens is 1. The molecule has 0 aromatic carbocycles. The minimum Gasteiger partial charge on any atom is -0.384 e. The number of pyridine rings is 1. The van der Waals surface area contributed by atoms with Gasteiger partial charge in [-0.2, -0.15) is 0 Å². The van der Waals surface area contributed by atoms with Gasteiger partial charge in [0.05, 0.1) is 0 Å². The summed E-state index contributed by atoms with van der Waals surface area (Å²) in [4.78, 5) is 3.93. The van der Waals surface area contributed by atoms with Crippen LogP contribution in [0.1, 0.15) is 19.8 Å². The Morgan fingerprint density at radius 3 is 3.00 bits per heavy atom. The van der Waals surface area contributed by atoms with Gasteiger partial charge in [0.1, 0.15) is 5.15 Å². The number of nitrogens with zero attached hydrogens (tertiary/aromatic N) is 1. The second-order valence-electron chi connectivity index (χ2n) is 4.03. The van der Waals surface area contributed by atoms with Crippen molar-refractivity contribution in [3.05, 3.63) is 23.5 Å². The van der Waals surface area contributed by atoms with Crippen LogP contribution < -0.4 is 5.32 Å². The van der Waals surface area contributed by atoms with Gasteiger partial charge in [-0.1, -0.05) is 18.5 Å². The Balaban J connectivity index is 1.94. The fourth-order valence-corrected chi connectivity index (χ4v) is 1.39. The Morgan fingerprint density at radius 1 is 1.62 bits per heavy atom. The Hall–Kier alpha value is -0.760. The van der Waals surface area contributed by atoms with E-state index in [1.807, 2.05) is 12.1 Å². The van der Waals surface area contributed by atoms with Gasteiger partial charge < -0.3 is 5.32 Å². The molecule has 0 aliphatic heterocycles. The molecule has 1 saturated carbocycles. The van der Waals surface area contributed by atoms with Crippen LogP contribution in [-0.4, -0.2) is 11.5 Å². The summed E-state index contributed by atoms with van der Waals surface area (Å²) in [6.45, 7) is 3.33. The van der Waals surface area contributed by atoms with E-state index in [0.717, 1.165) is 12.2 Å². The highest BCUT2D eigenvalue weighted by Crippen LogP contribution is 2.44. The third kappa shape index (κ3) is 2.34. The highest BCUT2D eigenvalue weighted by molar-refractivity contribution is 6.29. The number of nitrogens with one attached hydrogen (secondary N) is 1. The second-order valence-corrected chi connectivity index (χ2v) is 4.42. The van der Waals surface area contributed by atoms with Crippen molar-refractivity contribution in [2.45, 2.75) is 19.8 Å². The second kappa shape index (κ2) is 3.18. The van der Waals surface area contributed by atoms with E-state index in [-0.39, 0.29) is 0 Å². The van der Waals surface area contributed by atoms with Gasteiger partial charge in [0.25, 0.3) is 0 Å². The lowest BCUT2D eigenvalue weighted by Crippen LogP contribution is -2.11. The van der Waals surface area contributed by atoms with E-state index in [4.69, 9.17) is 11.6 Å². The van der Waals surface area contributed by atoms with E-state index in [9.17, 15) is 0 Å². The zero-order valence-corrected chi connectivity index (χ0v) is 8.43. The van der Waals surface area contributed by atoms with Gasteiger partial charge in [0.2, 0.25) is 0 Å². The molecule has 1 fully saturated rings. The molecule has 1 aliphatic rings. The maximum atomic E-state index is 5.76. The van der Waals surface area contributed by atoms with Gasteiger partial charge in [-0.15, -0.1) is 0 Å². The smallest absolute Gasteiger partial charge is 0.131 e. The van der Waals surface area contributed by atoms with Crippen molar-refractivity contribution >= 4 is 17.3 Å². The van der Waals surface area contributed by atoms with E-state index >= 15 is 0 Å². The molecule has 1 N–H and O–H groups in total. The van der Waals surface area contributed by atoms with Gasteiger partial charge in [0.15, 0.2) is 0 Å². The first-order chi connectivity index (χ1) is 6.18. The van der Waals surface area contributed by atoms with Crippen LogP contribution in [0.15, 0.2) is 18.3 Å². The lowest BCUT2D eigenvalue weighted by atomic mass is 10.1. The first-order valence-electron chi connectivity index (χ1n) is 4.53. The standard InChI is InChI=1S/C10H13ClN2/c1-10(3-4-10)7-13-8-2-5-12-9(11)6-8/h2,5-6H,3-4,7H2,1H3,(H,12,13). The average Bonchev–Trinajstić information content (AvgIpc) is 2.82. The highest BCUT2D eigenvalue weighted by atomic mass is 35.5. The van der Waals surface area contributed by atoms with Crippen LogP contribution in [-0.2, 0) is 0 Å². The molecule has 0 saturated heterocycles. The summed E-state index contributed by atoms with van der Waals surface area (Å²) < 4.78 is 0. The normalized spacial score (nSPS) is 18.3. The number of halogens is 1. The Bertz CT molecular complexity index is 308. The molecule has 1 heterocycles. The first kappa shape index (κ1) is 8.82. The molecule has 0 amide bonds. The van der Waals surface area contributed by atoms with Gasteiger partial charge in [-0.3, -0.25) is 0 Å². The summed E-state index contributed by atoms with van der Waals surface area (Å²) in [5, 5.41) is 3.91. The summed E-state index contributed by atoms with van der Waals surface area (Å²) in [6.07, 6.45) is 4.39. The van der Waals surface area contributed by atoms with Crippen LogP contribution in [0.4, 0.5) is 5.69 Å². The minimum absolute atomic E-state index is 0.524. The molecule has 1 aromatic heterocycles. The van der Waals surface area contributed by atoms with Gasteiger partial charge >= 0.3 is 0 Å². The van der Waals surface area contributed by atoms with E-state index in [1.165, 1.54) is 12.8 Å². The van der Waals surface area contributed by atoms with Crippen molar-refractivity contribution in [3.63, 3.8) is 0 Å². The molecular weight excluding hydrogens is 184 g/mol. The van der Waals surface area contributed by atoms with Crippen molar-refractivity contribution in [2.24, 2.45) is 5.41 Å². The van der Waals surface area contributed by atoms with Crippen molar-refractivity contribution in [1.29, 1.82) is 0 Å². The highest BCUT2D eigenvalue weighted by Gasteiger charge is 2.36. The SMILES string of the molecule is CC1(CNc2ccnc(Cl)c2)CC1. The van der Waals surface area contributed by atoms with Crippen molar-refractivity contribution in [1.82, 2.24) is 4.98 Å². The monoisotopic (exact) mass is 196 g/mol. The molecule has 0 radical (unpaired) electrons. The molecular formula is C10H13ClN2.